The molecule has 2 amide bonds. The van der Waals surface area contributed by atoms with E-state index in [0.29, 0.717) is 23.5 Å². The van der Waals surface area contributed by atoms with Crippen molar-refractivity contribution in [2.45, 2.75) is 26.9 Å². The van der Waals surface area contributed by atoms with Gasteiger partial charge in [0, 0.05) is 30.5 Å². The van der Waals surface area contributed by atoms with Crippen LogP contribution in [0.1, 0.15) is 45.8 Å². The molecule has 162 valence electrons. The van der Waals surface area contributed by atoms with E-state index < -0.39 is 0 Å². The van der Waals surface area contributed by atoms with Crippen molar-refractivity contribution in [1.82, 2.24) is 14.9 Å². The van der Waals surface area contributed by atoms with Crippen LogP contribution in [-0.2, 0) is 13.1 Å². The normalized spacial score (nSPS) is 10.8. The van der Waals surface area contributed by atoms with Crippen LogP contribution in [0.25, 0.3) is 0 Å². The van der Waals surface area contributed by atoms with Gasteiger partial charge in [0.1, 0.15) is 5.69 Å². The van der Waals surface area contributed by atoms with E-state index in [-0.39, 0.29) is 11.8 Å². The fraction of sp³-hybridized carbons (Fsp3) is 0.250. The molecular formula is C24H29N5O2. The van der Waals surface area contributed by atoms with E-state index in [1.54, 1.807) is 42.6 Å². The maximum atomic E-state index is 12.7. The molecule has 0 saturated heterocycles. The first kappa shape index (κ1) is 22.1. The number of nitrogens with two attached hydrogens (primary N) is 1. The highest BCUT2D eigenvalue weighted by Gasteiger charge is 2.12. The van der Waals surface area contributed by atoms with Gasteiger partial charge in [-0.1, -0.05) is 44.2 Å². The quantitative estimate of drug-likeness (QED) is 0.464. The summed E-state index contributed by atoms with van der Waals surface area (Å²) in [7, 11) is 0. The number of anilines is 1. The van der Waals surface area contributed by atoms with Crippen molar-refractivity contribution in [1.29, 1.82) is 0 Å². The number of nitrogens with one attached hydrogen (secondary N) is 2. The number of nitrogens with zero attached hydrogens (tertiary/aromatic N) is 2. The zero-order chi connectivity index (χ0) is 22.2. The second-order valence-electron chi connectivity index (χ2n) is 7.25. The molecule has 0 radical (unpaired) electrons. The summed E-state index contributed by atoms with van der Waals surface area (Å²) in [5.41, 5.74) is 3.64. The van der Waals surface area contributed by atoms with Crippen LogP contribution < -0.4 is 16.5 Å². The molecule has 0 aliphatic carbocycles. The Morgan fingerprint density at radius 3 is 2.35 bits per heavy atom. The maximum absolute atomic E-state index is 12.7. The molecule has 0 bridgehead atoms. The molecule has 3 rings (SSSR count). The standard InChI is InChI=1S/C24H29N5O2/c1-3-28(4-2)17-20-10-6-5-9-19(20)16-26-23(30)18-11-7-12-21(15-18)27-24(31)22-13-8-14-29(22)25/h5-15H,3-4,16-17,25H2,1-2H3,(H,26,30)(H,27,31). The Labute approximate surface area is 182 Å². The molecule has 0 atom stereocenters. The summed E-state index contributed by atoms with van der Waals surface area (Å²) < 4.78 is 1.25. The van der Waals surface area contributed by atoms with Gasteiger partial charge in [0.05, 0.1) is 0 Å². The molecule has 7 nitrogen and oxygen atoms in total. The van der Waals surface area contributed by atoms with E-state index >= 15 is 0 Å². The van der Waals surface area contributed by atoms with Gasteiger partial charge in [0.25, 0.3) is 11.8 Å². The van der Waals surface area contributed by atoms with Crippen molar-refractivity contribution in [3.05, 3.63) is 89.2 Å². The van der Waals surface area contributed by atoms with Gasteiger partial charge in [-0.15, -0.1) is 0 Å². The van der Waals surface area contributed by atoms with Crippen LogP contribution in [0.5, 0.6) is 0 Å². The average Bonchev–Trinajstić information content (AvgIpc) is 3.22. The molecule has 0 unspecified atom stereocenters. The van der Waals surface area contributed by atoms with Gasteiger partial charge >= 0.3 is 0 Å². The maximum Gasteiger partial charge on any atom is 0.274 e. The topological polar surface area (TPSA) is 92.4 Å². The lowest BCUT2D eigenvalue weighted by Crippen LogP contribution is -2.26. The van der Waals surface area contributed by atoms with Crippen LogP contribution in [0.15, 0.2) is 66.9 Å². The summed E-state index contributed by atoms with van der Waals surface area (Å²) in [5, 5.41) is 5.76. The third kappa shape index (κ3) is 5.73. The third-order valence-electron chi connectivity index (χ3n) is 5.24. The van der Waals surface area contributed by atoms with Gasteiger partial charge < -0.3 is 16.5 Å². The molecular weight excluding hydrogens is 390 g/mol. The van der Waals surface area contributed by atoms with Crippen molar-refractivity contribution < 1.29 is 9.59 Å². The number of benzene rings is 2. The van der Waals surface area contributed by atoms with Crippen molar-refractivity contribution in [3.63, 3.8) is 0 Å². The number of rotatable bonds is 9. The zero-order valence-corrected chi connectivity index (χ0v) is 18.0. The number of amides is 2. The minimum atomic E-state index is -0.338. The molecule has 4 N–H and O–H groups in total. The SMILES string of the molecule is CCN(CC)Cc1ccccc1CNC(=O)c1cccc(NC(=O)c2cccn2N)c1. The molecule has 0 fully saturated rings. The van der Waals surface area contributed by atoms with Gasteiger partial charge in [-0.25, -0.2) is 0 Å². The molecule has 3 aromatic rings. The fourth-order valence-corrected chi connectivity index (χ4v) is 3.37. The van der Waals surface area contributed by atoms with Crippen molar-refractivity contribution >= 4 is 17.5 Å². The number of aromatic nitrogens is 1. The Balaban J connectivity index is 1.65. The first-order valence-electron chi connectivity index (χ1n) is 10.4. The lowest BCUT2D eigenvalue weighted by Gasteiger charge is -2.20. The minimum absolute atomic E-state index is 0.198. The Morgan fingerprint density at radius 2 is 1.68 bits per heavy atom. The fourth-order valence-electron chi connectivity index (χ4n) is 3.37. The van der Waals surface area contributed by atoms with E-state index in [4.69, 9.17) is 5.84 Å². The summed E-state index contributed by atoms with van der Waals surface area (Å²) in [6.45, 7) is 7.53. The highest BCUT2D eigenvalue weighted by molar-refractivity contribution is 6.04. The van der Waals surface area contributed by atoms with Gasteiger partial charge in [0.2, 0.25) is 0 Å². The molecule has 0 saturated carbocycles. The van der Waals surface area contributed by atoms with E-state index in [1.165, 1.54) is 10.2 Å². The molecule has 1 heterocycles. The number of nitrogen functional groups attached to an aromatic ring is 1. The number of carbonyl (C=O) groups is 2. The van der Waals surface area contributed by atoms with E-state index in [0.717, 1.165) is 25.2 Å². The Bertz CT molecular complexity index is 1040. The van der Waals surface area contributed by atoms with Crippen molar-refractivity contribution in [2.24, 2.45) is 0 Å². The summed E-state index contributed by atoms with van der Waals surface area (Å²) in [6.07, 6.45) is 1.59. The zero-order valence-electron chi connectivity index (χ0n) is 18.0. The van der Waals surface area contributed by atoms with Crippen LogP contribution >= 0.6 is 0 Å². The molecule has 31 heavy (non-hydrogen) atoms. The second-order valence-corrected chi connectivity index (χ2v) is 7.25. The second kappa shape index (κ2) is 10.4. The smallest absolute Gasteiger partial charge is 0.274 e. The van der Waals surface area contributed by atoms with E-state index in [2.05, 4.69) is 35.4 Å². The Hall–Kier alpha value is -3.58. The van der Waals surface area contributed by atoms with E-state index in [9.17, 15) is 9.59 Å². The highest BCUT2D eigenvalue weighted by Crippen LogP contribution is 2.14. The predicted molar refractivity (Wildman–Crippen MR) is 123 cm³/mol. The molecule has 2 aromatic carbocycles. The van der Waals surface area contributed by atoms with Gasteiger partial charge in [0.15, 0.2) is 0 Å². The lowest BCUT2D eigenvalue weighted by molar-refractivity contribution is 0.0949. The molecule has 1 aromatic heterocycles. The van der Waals surface area contributed by atoms with Crippen LogP contribution in [0.2, 0.25) is 0 Å². The Morgan fingerprint density at radius 1 is 0.935 bits per heavy atom. The molecule has 0 aliphatic rings. The van der Waals surface area contributed by atoms with Crippen LogP contribution in [0, 0.1) is 0 Å². The highest BCUT2D eigenvalue weighted by atomic mass is 16.2. The average molecular weight is 420 g/mol. The van der Waals surface area contributed by atoms with Gasteiger partial charge in [-0.2, -0.15) is 0 Å². The first-order valence-corrected chi connectivity index (χ1v) is 10.4. The van der Waals surface area contributed by atoms with Crippen LogP contribution in [0.3, 0.4) is 0 Å². The monoisotopic (exact) mass is 419 g/mol. The predicted octanol–water partition coefficient (Wildman–Crippen LogP) is 3.23. The van der Waals surface area contributed by atoms with Crippen LogP contribution in [0.4, 0.5) is 5.69 Å². The number of hydrogen-bond acceptors (Lipinski definition) is 4. The number of hydrogen-bond donors (Lipinski definition) is 3. The molecule has 0 aliphatic heterocycles. The van der Waals surface area contributed by atoms with Crippen LogP contribution in [-0.4, -0.2) is 34.5 Å². The lowest BCUT2D eigenvalue weighted by atomic mass is 10.1. The molecule has 7 heteroatoms. The van der Waals surface area contributed by atoms with Crippen molar-refractivity contribution in [2.75, 3.05) is 24.2 Å². The van der Waals surface area contributed by atoms with Gasteiger partial charge in [-0.3, -0.25) is 19.2 Å². The van der Waals surface area contributed by atoms with Crippen molar-refractivity contribution in [3.8, 4) is 0 Å². The third-order valence-corrected chi connectivity index (χ3v) is 5.24. The van der Waals surface area contributed by atoms with Gasteiger partial charge in [-0.05, 0) is 54.5 Å². The summed E-state index contributed by atoms with van der Waals surface area (Å²) in [5.74, 6) is 5.18. The Kier molecular flexibility index (Phi) is 7.45. The first-order chi connectivity index (χ1) is 15.0. The summed E-state index contributed by atoms with van der Waals surface area (Å²) in [6, 6.07) is 18.3. The largest absolute Gasteiger partial charge is 0.348 e. The summed E-state index contributed by atoms with van der Waals surface area (Å²) in [4.78, 5) is 27.4. The summed E-state index contributed by atoms with van der Waals surface area (Å²) >= 11 is 0. The minimum Gasteiger partial charge on any atom is -0.348 e. The van der Waals surface area contributed by atoms with E-state index in [1.807, 2.05) is 18.2 Å². The number of carbonyl (C=O) groups excluding carboxylic acids is 2. The molecule has 0 spiro atoms.